The Hall–Kier alpha value is -1.99. The summed E-state index contributed by atoms with van der Waals surface area (Å²) in [5.41, 5.74) is 0.808. The molecule has 1 N–H and O–H groups in total. The van der Waals surface area contributed by atoms with E-state index in [4.69, 9.17) is 10.00 Å². The molecule has 1 aliphatic rings. The molecule has 1 amide bonds. The van der Waals surface area contributed by atoms with Gasteiger partial charge in [0.15, 0.2) is 0 Å². The first kappa shape index (κ1) is 17.1. The third-order valence-corrected chi connectivity index (χ3v) is 3.05. The molecule has 1 saturated heterocycles. The van der Waals surface area contributed by atoms with Gasteiger partial charge in [-0.3, -0.25) is 4.79 Å². The van der Waals surface area contributed by atoms with Gasteiger partial charge < -0.3 is 10.1 Å². The monoisotopic (exact) mass is 290 g/mol. The summed E-state index contributed by atoms with van der Waals surface area (Å²) >= 11 is 0. The van der Waals surface area contributed by atoms with E-state index in [1.165, 1.54) is 0 Å². The molecule has 0 aromatic heterocycles. The van der Waals surface area contributed by atoms with Gasteiger partial charge in [-0.05, 0) is 18.0 Å². The SMILES string of the molecule is COc1ccc(C2CC(=O)NC(=NC#N)[C-]2C#N)cc1.[Na+]. The van der Waals surface area contributed by atoms with Crippen LogP contribution < -0.4 is 39.6 Å². The minimum atomic E-state index is -0.397. The van der Waals surface area contributed by atoms with Crippen LogP contribution in [0.15, 0.2) is 29.3 Å². The van der Waals surface area contributed by atoms with E-state index in [0.29, 0.717) is 5.75 Å². The number of benzene rings is 1. The number of nitrogens with one attached hydrogen (secondary N) is 1. The molecule has 0 saturated carbocycles. The number of amidine groups is 1. The van der Waals surface area contributed by atoms with Gasteiger partial charge in [-0.1, -0.05) is 29.7 Å². The van der Waals surface area contributed by atoms with Gasteiger partial charge in [-0.2, -0.15) is 10.3 Å². The van der Waals surface area contributed by atoms with Gasteiger partial charge in [0, 0.05) is 6.42 Å². The second kappa shape index (κ2) is 7.70. The van der Waals surface area contributed by atoms with E-state index in [9.17, 15) is 10.1 Å². The average molecular weight is 290 g/mol. The van der Waals surface area contributed by atoms with Crippen molar-refractivity contribution < 1.29 is 39.1 Å². The molecule has 1 heterocycles. The molecule has 1 aliphatic heterocycles. The summed E-state index contributed by atoms with van der Waals surface area (Å²) in [6, 6.07) is 9.14. The molecule has 0 spiro atoms. The molecule has 7 heteroatoms. The molecule has 1 aromatic rings. The number of hydrogen-bond donors (Lipinski definition) is 1. The number of aliphatic imine (C=N–C) groups is 1. The van der Waals surface area contributed by atoms with Gasteiger partial charge >= 0.3 is 29.6 Å². The summed E-state index contributed by atoms with van der Waals surface area (Å²) in [6.45, 7) is 0. The number of carbonyl (C=O) groups is 1. The molecule has 0 bridgehead atoms. The van der Waals surface area contributed by atoms with Crippen molar-refractivity contribution in [2.75, 3.05) is 7.11 Å². The van der Waals surface area contributed by atoms with E-state index in [2.05, 4.69) is 10.3 Å². The number of nitrogens with zero attached hydrogens (tertiary/aromatic N) is 3. The van der Waals surface area contributed by atoms with E-state index in [1.807, 2.05) is 6.07 Å². The van der Waals surface area contributed by atoms with Crippen LogP contribution in [0.25, 0.3) is 0 Å². The Balaban J connectivity index is 0.00000220. The maximum absolute atomic E-state index is 11.7. The van der Waals surface area contributed by atoms with Crippen molar-refractivity contribution in [1.29, 1.82) is 10.5 Å². The van der Waals surface area contributed by atoms with Crippen molar-refractivity contribution in [3.05, 3.63) is 35.7 Å². The van der Waals surface area contributed by atoms with E-state index >= 15 is 0 Å². The maximum Gasteiger partial charge on any atom is 1.00 e. The number of rotatable bonds is 2. The normalized spacial score (nSPS) is 19.0. The van der Waals surface area contributed by atoms with E-state index in [-0.39, 0.29) is 53.6 Å². The predicted molar refractivity (Wildman–Crippen MR) is 70.4 cm³/mol. The average Bonchev–Trinajstić information content (AvgIpc) is 2.47. The van der Waals surface area contributed by atoms with Crippen molar-refractivity contribution in [3.8, 4) is 18.0 Å². The van der Waals surface area contributed by atoms with Gasteiger partial charge in [0.25, 0.3) is 0 Å². The molecule has 1 fully saturated rings. The third kappa shape index (κ3) is 3.77. The maximum atomic E-state index is 11.7. The summed E-state index contributed by atoms with van der Waals surface area (Å²) in [6.07, 6.45) is 1.75. The zero-order chi connectivity index (χ0) is 14.5. The molecule has 100 valence electrons. The fourth-order valence-electron chi connectivity index (χ4n) is 2.09. The van der Waals surface area contributed by atoms with Crippen LogP contribution in [-0.2, 0) is 4.79 Å². The Morgan fingerprint density at radius 1 is 1.38 bits per heavy atom. The van der Waals surface area contributed by atoms with Gasteiger partial charge in [0.2, 0.25) is 12.1 Å². The second-order valence-electron chi connectivity index (χ2n) is 4.16. The van der Waals surface area contributed by atoms with E-state index in [0.717, 1.165) is 5.56 Å². The van der Waals surface area contributed by atoms with E-state index < -0.39 is 5.92 Å². The molecular weight excluding hydrogens is 279 g/mol. The molecule has 2 rings (SSSR count). The van der Waals surface area contributed by atoms with Crippen LogP contribution in [0.3, 0.4) is 0 Å². The Morgan fingerprint density at radius 2 is 2.05 bits per heavy atom. The van der Waals surface area contributed by atoms with E-state index in [1.54, 1.807) is 37.6 Å². The van der Waals surface area contributed by atoms with Crippen LogP contribution in [0, 0.1) is 28.7 Å². The van der Waals surface area contributed by atoms with Crippen molar-refractivity contribution in [3.63, 3.8) is 0 Å². The van der Waals surface area contributed by atoms with Gasteiger partial charge in [0.05, 0.1) is 7.11 Å². The summed E-state index contributed by atoms with van der Waals surface area (Å²) in [7, 11) is 1.56. The van der Waals surface area contributed by atoms with Crippen molar-refractivity contribution >= 4 is 11.7 Å². The summed E-state index contributed by atoms with van der Waals surface area (Å²) < 4.78 is 5.07. The van der Waals surface area contributed by atoms with Gasteiger partial charge in [-0.25, -0.2) is 11.2 Å². The Kier molecular flexibility index (Phi) is 6.26. The summed E-state index contributed by atoms with van der Waals surface area (Å²) in [5.74, 6) is 0.354. The minimum Gasteiger partial charge on any atom is -0.497 e. The molecule has 1 aromatic carbocycles. The summed E-state index contributed by atoms with van der Waals surface area (Å²) in [5, 5.41) is 20.3. The van der Waals surface area contributed by atoms with Crippen molar-refractivity contribution in [2.24, 2.45) is 4.99 Å². The Bertz CT molecular complexity index is 628. The zero-order valence-corrected chi connectivity index (χ0v) is 13.8. The molecular formula is C14H11N4NaO2. The second-order valence-corrected chi connectivity index (χ2v) is 4.16. The fourth-order valence-corrected chi connectivity index (χ4v) is 2.09. The predicted octanol–water partition coefficient (Wildman–Crippen LogP) is -1.72. The van der Waals surface area contributed by atoms with Gasteiger partial charge in [0.1, 0.15) is 5.75 Å². The minimum absolute atomic E-state index is 0. The van der Waals surface area contributed by atoms with Crippen molar-refractivity contribution in [2.45, 2.75) is 12.3 Å². The first-order chi connectivity index (χ1) is 9.69. The van der Waals surface area contributed by atoms with Crippen LogP contribution in [0.1, 0.15) is 17.9 Å². The van der Waals surface area contributed by atoms with Crippen LogP contribution in [0.2, 0.25) is 0 Å². The number of piperidine rings is 1. The smallest absolute Gasteiger partial charge is 0.497 e. The largest absolute Gasteiger partial charge is 1.00 e. The number of carbonyl (C=O) groups excluding carboxylic acids is 1. The number of nitriles is 2. The van der Waals surface area contributed by atoms with Crippen LogP contribution >= 0.6 is 0 Å². The quantitative estimate of drug-likeness (QED) is 0.398. The topological polar surface area (TPSA) is 98.3 Å². The first-order valence-electron chi connectivity index (χ1n) is 5.87. The molecule has 1 atom stereocenters. The fraction of sp³-hybridized carbons (Fsp3) is 0.214. The Labute approximate surface area is 144 Å². The van der Waals surface area contributed by atoms with Crippen LogP contribution in [0.5, 0.6) is 5.75 Å². The molecule has 6 nitrogen and oxygen atoms in total. The molecule has 0 radical (unpaired) electrons. The van der Waals surface area contributed by atoms with Crippen molar-refractivity contribution in [1.82, 2.24) is 5.32 Å². The summed E-state index contributed by atoms with van der Waals surface area (Å²) in [4.78, 5) is 15.2. The van der Waals surface area contributed by atoms with Gasteiger partial charge in [-0.15, -0.1) is 0 Å². The molecule has 1 unspecified atom stereocenters. The number of amides is 1. The first-order valence-corrected chi connectivity index (χ1v) is 5.87. The standard InChI is InChI=1S/C14H11N4O2.Na/c1-20-10-4-2-9(3-5-10)11-6-13(19)18-14(17-8-16)12(11)7-15;/h2-5,11H,6H2,1H3,(H,17,18,19);/q-1;+1. The number of methoxy groups -OCH3 is 1. The molecule has 0 aliphatic carbocycles. The Morgan fingerprint density at radius 3 is 2.57 bits per heavy atom. The zero-order valence-electron chi connectivity index (χ0n) is 11.8. The molecule has 21 heavy (non-hydrogen) atoms. The number of ether oxygens (including phenoxy) is 1. The number of hydrogen-bond acceptors (Lipinski definition) is 5. The van der Waals surface area contributed by atoms with Crippen LogP contribution in [0.4, 0.5) is 0 Å². The van der Waals surface area contributed by atoms with Crippen LogP contribution in [-0.4, -0.2) is 18.9 Å². The third-order valence-electron chi connectivity index (χ3n) is 3.05.